The summed E-state index contributed by atoms with van der Waals surface area (Å²) >= 11 is 2.01. The van der Waals surface area contributed by atoms with Crippen LogP contribution in [0.1, 0.15) is 108 Å². The van der Waals surface area contributed by atoms with Crippen molar-refractivity contribution in [3.05, 3.63) is 0 Å². The van der Waals surface area contributed by atoms with Crippen LogP contribution in [0.15, 0.2) is 0 Å². The zero-order chi connectivity index (χ0) is 19.1. The van der Waals surface area contributed by atoms with Gasteiger partial charge in [0.1, 0.15) is 0 Å². The van der Waals surface area contributed by atoms with Crippen LogP contribution < -0.4 is 0 Å². The zero-order valence-corrected chi connectivity index (χ0v) is 19.3. The third kappa shape index (κ3) is 24.6. The van der Waals surface area contributed by atoms with Gasteiger partial charge in [0, 0.05) is 0 Å². The van der Waals surface area contributed by atoms with E-state index in [0.717, 1.165) is 22.3 Å². The lowest BCUT2D eigenvalue weighted by Gasteiger charge is -2.09. The lowest BCUT2D eigenvalue weighted by molar-refractivity contribution is 0.0300. The Balaban J connectivity index is 0. The molecule has 1 fully saturated rings. The number of thioether (sulfide) groups is 1. The molecule has 0 atom stereocenters. The Bertz CT molecular complexity index is 214. The summed E-state index contributed by atoms with van der Waals surface area (Å²) < 4.78 is 5.25. The molecule has 1 rings (SSSR count). The van der Waals surface area contributed by atoms with E-state index in [0.29, 0.717) is 12.2 Å². The van der Waals surface area contributed by atoms with Crippen molar-refractivity contribution in [3.63, 3.8) is 0 Å². The second-order valence-corrected chi connectivity index (χ2v) is 10.7. The van der Waals surface area contributed by atoms with Gasteiger partial charge >= 0.3 is 0 Å². The van der Waals surface area contributed by atoms with E-state index in [1.165, 1.54) is 38.5 Å². The maximum Gasteiger partial charge on any atom is 0.0522 e. The van der Waals surface area contributed by atoms with Gasteiger partial charge in [-0.2, -0.15) is 11.8 Å². The van der Waals surface area contributed by atoms with Gasteiger partial charge in [0.05, 0.1) is 12.2 Å². The van der Waals surface area contributed by atoms with E-state index in [4.69, 9.17) is 4.74 Å². The first-order chi connectivity index (χ1) is 11.0. The van der Waals surface area contributed by atoms with E-state index in [1.54, 1.807) is 0 Å². The molecular weight excluding hydrogens is 312 g/mol. The van der Waals surface area contributed by atoms with Gasteiger partial charge in [-0.1, -0.05) is 80.1 Å². The third-order valence-corrected chi connectivity index (χ3v) is 4.80. The van der Waals surface area contributed by atoms with Crippen LogP contribution in [0, 0.1) is 11.8 Å². The summed E-state index contributed by atoms with van der Waals surface area (Å²) in [5.74, 6) is 2.02. The summed E-state index contributed by atoms with van der Waals surface area (Å²) in [7, 11) is 0. The Morgan fingerprint density at radius 2 is 1.17 bits per heavy atom. The molecule has 0 unspecified atom stereocenters. The van der Waals surface area contributed by atoms with Gasteiger partial charge in [0.2, 0.25) is 0 Å². The van der Waals surface area contributed by atoms with E-state index < -0.39 is 0 Å². The molecular formula is C22H48OS. The molecule has 148 valence electrons. The molecule has 0 amide bonds. The van der Waals surface area contributed by atoms with Crippen molar-refractivity contribution in [1.82, 2.24) is 0 Å². The quantitative estimate of drug-likeness (QED) is 0.455. The second kappa shape index (κ2) is 16.8. The smallest absolute Gasteiger partial charge is 0.0522 e. The minimum absolute atomic E-state index is 0.375. The van der Waals surface area contributed by atoms with Crippen LogP contribution >= 0.6 is 11.8 Å². The minimum atomic E-state index is 0.375. The van der Waals surface area contributed by atoms with Gasteiger partial charge in [-0.25, -0.2) is 0 Å². The largest absolute Gasteiger partial charge is 0.376 e. The predicted octanol–water partition coefficient (Wildman–Crippen LogP) is 7.97. The van der Waals surface area contributed by atoms with Gasteiger partial charge < -0.3 is 4.74 Å². The van der Waals surface area contributed by atoms with E-state index in [-0.39, 0.29) is 0 Å². The average Bonchev–Trinajstić information content (AvgIpc) is 2.87. The molecule has 1 nitrogen and oxygen atoms in total. The number of ether oxygens (including phenoxy) is 1. The van der Waals surface area contributed by atoms with Crippen molar-refractivity contribution < 1.29 is 4.74 Å². The first-order valence-corrected chi connectivity index (χ1v) is 11.3. The molecule has 24 heavy (non-hydrogen) atoms. The Labute approximate surface area is 159 Å². The SMILES string of the molecule is CC(C)CCC1CCCC1.CC(C)OC(C)C.CC(C)SC(C)C. The van der Waals surface area contributed by atoms with Crippen molar-refractivity contribution in [2.75, 3.05) is 0 Å². The zero-order valence-electron chi connectivity index (χ0n) is 18.5. The number of hydrogen-bond acceptors (Lipinski definition) is 2. The Hall–Kier alpha value is 0.310. The molecule has 0 aromatic heterocycles. The lowest BCUT2D eigenvalue weighted by Crippen LogP contribution is -2.09. The highest BCUT2D eigenvalue weighted by Crippen LogP contribution is 2.29. The summed E-state index contributed by atoms with van der Waals surface area (Å²) in [4.78, 5) is 0. The van der Waals surface area contributed by atoms with Gasteiger partial charge in [-0.3, -0.25) is 0 Å². The molecule has 0 radical (unpaired) electrons. The highest BCUT2D eigenvalue weighted by Gasteiger charge is 2.14. The van der Waals surface area contributed by atoms with E-state index in [1.807, 2.05) is 39.5 Å². The van der Waals surface area contributed by atoms with Crippen LogP contribution in [0.5, 0.6) is 0 Å². The van der Waals surface area contributed by atoms with Crippen molar-refractivity contribution in [3.8, 4) is 0 Å². The molecule has 1 aliphatic rings. The van der Waals surface area contributed by atoms with E-state index in [2.05, 4.69) is 41.5 Å². The van der Waals surface area contributed by atoms with Crippen molar-refractivity contribution in [2.24, 2.45) is 11.8 Å². The van der Waals surface area contributed by atoms with Crippen LogP contribution in [-0.2, 0) is 4.74 Å². The Morgan fingerprint density at radius 3 is 1.38 bits per heavy atom. The number of hydrogen-bond donors (Lipinski definition) is 0. The molecule has 1 saturated carbocycles. The molecule has 2 heteroatoms. The van der Waals surface area contributed by atoms with E-state index in [9.17, 15) is 0 Å². The van der Waals surface area contributed by atoms with Gasteiger partial charge in [0.15, 0.2) is 0 Å². The topological polar surface area (TPSA) is 9.23 Å². The van der Waals surface area contributed by atoms with Crippen LogP contribution in [-0.4, -0.2) is 22.7 Å². The highest BCUT2D eigenvalue weighted by atomic mass is 32.2. The molecule has 0 N–H and O–H groups in total. The minimum Gasteiger partial charge on any atom is -0.376 e. The Kier molecular flexibility index (Phi) is 18.5. The van der Waals surface area contributed by atoms with Gasteiger partial charge in [-0.05, 0) is 50.0 Å². The molecule has 0 bridgehead atoms. The normalized spacial score (nSPS) is 15.1. The fourth-order valence-electron chi connectivity index (χ4n) is 2.96. The lowest BCUT2D eigenvalue weighted by atomic mass is 9.97. The van der Waals surface area contributed by atoms with Crippen LogP contribution in [0.3, 0.4) is 0 Å². The molecule has 0 saturated heterocycles. The molecule has 0 heterocycles. The van der Waals surface area contributed by atoms with Crippen LogP contribution in [0.2, 0.25) is 0 Å². The molecule has 0 spiro atoms. The van der Waals surface area contributed by atoms with Crippen LogP contribution in [0.25, 0.3) is 0 Å². The maximum absolute atomic E-state index is 5.25. The summed E-state index contributed by atoms with van der Waals surface area (Å²) in [6.07, 6.45) is 9.74. The number of rotatable bonds is 7. The van der Waals surface area contributed by atoms with Gasteiger partial charge in [0.25, 0.3) is 0 Å². The monoisotopic (exact) mass is 360 g/mol. The summed E-state index contributed by atoms with van der Waals surface area (Å²) in [6.45, 7) is 21.7. The second-order valence-electron chi connectivity index (χ2n) is 8.59. The standard InChI is InChI=1S/C10H20.C6H14O.C6H14S/c1-9(2)7-8-10-5-3-4-6-10;2*1-5(2)7-6(3)4/h9-10H,3-8H2,1-2H3;2*5-6H,1-4H3. The fraction of sp³-hybridized carbons (Fsp3) is 1.00. The Morgan fingerprint density at radius 1 is 0.750 bits per heavy atom. The molecule has 0 aromatic carbocycles. The molecule has 1 aliphatic carbocycles. The summed E-state index contributed by atoms with van der Waals surface area (Å²) in [5, 5.41) is 1.58. The summed E-state index contributed by atoms with van der Waals surface area (Å²) in [6, 6.07) is 0. The first kappa shape index (κ1) is 26.5. The van der Waals surface area contributed by atoms with Gasteiger partial charge in [-0.15, -0.1) is 0 Å². The summed E-state index contributed by atoms with van der Waals surface area (Å²) in [5.41, 5.74) is 0. The third-order valence-electron chi connectivity index (χ3n) is 3.72. The van der Waals surface area contributed by atoms with Crippen molar-refractivity contribution in [1.29, 1.82) is 0 Å². The van der Waals surface area contributed by atoms with E-state index >= 15 is 0 Å². The maximum atomic E-state index is 5.25. The highest BCUT2D eigenvalue weighted by molar-refractivity contribution is 8.00. The van der Waals surface area contributed by atoms with Crippen LogP contribution in [0.4, 0.5) is 0 Å². The average molecular weight is 361 g/mol. The van der Waals surface area contributed by atoms with Crippen molar-refractivity contribution in [2.45, 2.75) is 130 Å². The first-order valence-electron chi connectivity index (χ1n) is 10.3. The molecule has 0 aromatic rings. The fourth-order valence-corrected chi connectivity index (χ4v) is 4.05. The molecule has 0 aliphatic heterocycles. The predicted molar refractivity (Wildman–Crippen MR) is 115 cm³/mol. The van der Waals surface area contributed by atoms with Crippen molar-refractivity contribution >= 4 is 11.8 Å².